The lowest BCUT2D eigenvalue weighted by Crippen LogP contribution is -2.46. The number of carboxylic acids is 1. The van der Waals surface area contributed by atoms with Crippen molar-refractivity contribution in [1.29, 1.82) is 0 Å². The first-order valence-electron chi connectivity index (χ1n) is 5.16. The molecule has 4 nitrogen and oxygen atoms in total. The Morgan fingerprint density at radius 3 is 2.57 bits per heavy atom. The number of carbonyl (C=O) groups is 1. The molecule has 0 aromatic carbocycles. The molecule has 1 fully saturated rings. The van der Waals surface area contributed by atoms with E-state index in [1.165, 1.54) is 12.8 Å². The fourth-order valence-electron chi connectivity index (χ4n) is 1.69. The molecule has 2 N–H and O–H groups in total. The predicted molar refractivity (Wildman–Crippen MR) is 55.3 cm³/mol. The Balaban J connectivity index is 2.36. The molecule has 1 saturated carbocycles. The lowest BCUT2D eigenvalue weighted by Gasteiger charge is -2.27. The SMILES string of the molecule is CNC(CN(C)C(C)C1CC1)C(=O)O. The molecule has 14 heavy (non-hydrogen) atoms. The third-order valence-corrected chi connectivity index (χ3v) is 3.12. The minimum absolute atomic E-state index is 0.457. The van der Waals surface area contributed by atoms with Crippen molar-refractivity contribution in [1.82, 2.24) is 10.2 Å². The zero-order valence-corrected chi connectivity index (χ0v) is 9.16. The number of nitrogens with one attached hydrogen (secondary N) is 1. The Labute approximate surface area is 85.3 Å². The Kier molecular flexibility index (Phi) is 3.89. The first-order chi connectivity index (χ1) is 6.56. The molecule has 0 aliphatic heterocycles. The summed E-state index contributed by atoms with van der Waals surface area (Å²) in [6, 6.07) is 0.0476. The van der Waals surface area contributed by atoms with Crippen LogP contribution in [-0.2, 0) is 4.79 Å². The standard InChI is InChI=1S/C10H20N2O2/c1-7(8-4-5-8)12(3)6-9(11-2)10(13)14/h7-9,11H,4-6H2,1-3H3,(H,13,14). The van der Waals surface area contributed by atoms with E-state index >= 15 is 0 Å². The molecule has 1 rings (SSSR count). The van der Waals surface area contributed by atoms with E-state index in [2.05, 4.69) is 17.1 Å². The summed E-state index contributed by atoms with van der Waals surface area (Å²) in [5.41, 5.74) is 0. The molecule has 0 spiro atoms. The van der Waals surface area contributed by atoms with Gasteiger partial charge >= 0.3 is 5.97 Å². The second-order valence-corrected chi connectivity index (χ2v) is 4.20. The highest BCUT2D eigenvalue weighted by molar-refractivity contribution is 5.73. The molecule has 0 saturated heterocycles. The van der Waals surface area contributed by atoms with Gasteiger partial charge in [-0.1, -0.05) is 0 Å². The summed E-state index contributed by atoms with van der Waals surface area (Å²) < 4.78 is 0. The average Bonchev–Trinajstić information content (AvgIpc) is 2.95. The van der Waals surface area contributed by atoms with Gasteiger partial charge in [0, 0.05) is 12.6 Å². The van der Waals surface area contributed by atoms with Crippen LogP contribution in [0.15, 0.2) is 0 Å². The molecular weight excluding hydrogens is 180 g/mol. The van der Waals surface area contributed by atoms with Gasteiger partial charge in [0.05, 0.1) is 0 Å². The van der Waals surface area contributed by atoms with Gasteiger partial charge < -0.3 is 15.3 Å². The van der Waals surface area contributed by atoms with E-state index < -0.39 is 12.0 Å². The van der Waals surface area contributed by atoms with Crippen LogP contribution in [0.2, 0.25) is 0 Å². The molecule has 1 aliphatic carbocycles. The molecule has 2 atom stereocenters. The Hall–Kier alpha value is -0.610. The maximum atomic E-state index is 10.8. The third-order valence-electron chi connectivity index (χ3n) is 3.12. The Morgan fingerprint density at radius 1 is 1.64 bits per heavy atom. The van der Waals surface area contributed by atoms with Gasteiger partial charge in [-0.05, 0) is 39.8 Å². The van der Waals surface area contributed by atoms with E-state index in [9.17, 15) is 4.79 Å². The van der Waals surface area contributed by atoms with Crippen LogP contribution >= 0.6 is 0 Å². The maximum absolute atomic E-state index is 10.8. The summed E-state index contributed by atoms with van der Waals surface area (Å²) >= 11 is 0. The van der Waals surface area contributed by atoms with Gasteiger partial charge in [-0.3, -0.25) is 4.79 Å². The zero-order valence-electron chi connectivity index (χ0n) is 9.16. The summed E-state index contributed by atoms with van der Waals surface area (Å²) in [6.07, 6.45) is 2.59. The summed E-state index contributed by atoms with van der Waals surface area (Å²) in [5.74, 6) is 0.00801. The van der Waals surface area contributed by atoms with Gasteiger partial charge in [0.25, 0.3) is 0 Å². The van der Waals surface area contributed by atoms with Crippen molar-refractivity contribution in [2.75, 3.05) is 20.6 Å². The van der Waals surface area contributed by atoms with Gasteiger partial charge in [0.1, 0.15) is 6.04 Å². The third kappa shape index (κ3) is 2.96. The molecule has 1 aliphatic rings. The van der Waals surface area contributed by atoms with Crippen molar-refractivity contribution in [2.45, 2.75) is 31.8 Å². The van der Waals surface area contributed by atoms with Gasteiger partial charge in [-0.2, -0.15) is 0 Å². The lowest BCUT2D eigenvalue weighted by molar-refractivity contribution is -0.139. The number of hydrogen-bond donors (Lipinski definition) is 2. The quantitative estimate of drug-likeness (QED) is 0.651. The van der Waals surface area contributed by atoms with Crippen molar-refractivity contribution in [3.8, 4) is 0 Å². The van der Waals surface area contributed by atoms with Crippen LogP contribution in [0, 0.1) is 5.92 Å². The lowest BCUT2D eigenvalue weighted by atomic mass is 10.1. The molecule has 0 heterocycles. The number of aliphatic carboxylic acids is 1. The second kappa shape index (κ2) is 4.75. The van der Waals surface area contributed by atoms with Gasteiger partial charge in [-0.15, -0.1) is 0 Å². The molecule has 0 amide bonds. The van der Waals surface area contributed by atoms with Gasteiger partial charge in [-0.25, -0.2) is 0 Å². The van der Waals surface area contributed by atoms with Crippen LogP contribution < -0.4 is 5.32 Å². The molecular formula is C10H20N2O2. The molecule has 0 bridgehead atoms. The topological polar surface area (TPSA) is 52.6 Å². The van der Waals surface area contributed by atoms with E-state index in [1.807, 2.05) is 7.05 Å². The summed E-state index contributed by atoms with van der Waals surface area (Å²) in [4.78, 5) is 12.9. The van der Waals surface area contributed by atoms with E-state index in [1.54, 1.807) is 7.05 Å². The summed E-state index contributed by atoms with van der Waals surface area (Å²) in [7, 11) is 3.69. The van der Waals surface area contributed by atoms with Crippen molar-refractivity contribution >= 4 is 5.97 Å². The number of nitrogens with zero attached hydrogens (tertiary/aromatic N) is 1. The average molecular weight is 200 g/mol. The molecule has 4 heteroatoms. The molecule has 0 aromatic rings. The Morgan fingerprint density at radius 2 is 2.21 bits per heavy atom. The highest BCUT2D eigenvalue weighted by Crippen LogP contribution is 2.34. The van der Waals surface area contributed by atoms with E-state index in [0.29, 0.717) is 12.6 Å². The van der Waals surface area contributed by atoms with Crippen LogP contribution in [0.1, 0.15) is 19.8 Å². The molecule has 0 aromatic heterocycles. The van der Waals surface area contributed by atoms with Crippen LogP contribution in [0.3, 0.4) is 0 Å². The number of likely N-dealkylation sites (N-methyl/N-ethyl adjacent to an activating group) is 2. The minimum Gasteiger partial charge on any atom is -0.480 e. The van der Waals surface area contributed by atoms with Gasteiger partial charge in [0.2, 0.25) is 0 Å². The van der Waals surface area contributed by atoms with Crippen molar-refractivity contribution in [2.24, 2.45) is 5.92 Å². The minimum atomic E-state index is -0.776. The van der Waals surface area contributed by atoms with E-state index in [-0.39, 0.29) is 0 Å². The van der Waals surface area contributed by atoms with Crippen LogP contribution in [0.5, 0.6) is 0 Å². The first-order valence-corrected chi connectivity index (χ1v) is 5.16. The molecule has 82 valence electrons. The fourth-order valence-corrected chi connectivity index (χ4v) is 1.69. The second-order valence-electron chi connectivity index (χ2n) is 4.20. The number of rotatable bonds is 6. The summed E-state index contributed by atoms with van der Waals surface area (Å²) in [5, 5.41) is 11.7. The molecule has 2 unspecified atom stereocenters. The fraction of sp³-hybridized carbons (Fsp3) is 0.900. The monoisotopic (exact) mass is 200 g/mol. The Bertz CT molecular complexity index is 204. The van der Waals surface area contributed by atoms with Crippen LogP contribution in [0.4, 0.5) is 0 Å². The van der Waals surface area contributed by atoms with E-state index in [0.717, 1.165) is 5.92 Å². The first kappa shape index (κ1) is 11.5. The summed E-state index contributed by atoms with van der Waals surface area (Å²) in [6.45, 7) is 2.75. The largest absolute Gasteiger partial charge is 0.480 e. The number of hydrogen-bond acceptors (Lipinski definition) is 3. The van der Waals surface area contributed by atoms with Crippen LogP contribution in [-0.4, -0.2) is 48.7 Å². The predicted octanol–water partition coefficient (Wildman–Crippen LogP) is 0.389. The zero-order chi connectivity index (χ0) is 10.7. The van der Waals surface area contributed by atoms with Crippen molar-refractivity contribution in [3.05, 3.63) is 0 Å². The van der Waals surface area contributed by atoms with Gasteiger partial charge in [0.15, 0.2) is 0 Å². The van der Waals surface area contributed by atoms with Crippen molar-refractivity contribution < 1.29 is 9.90 Å². The van der Waals surface area contributed by atoms with Crippen LogP contribution in [0.25, 0.3) is 0 Å². The van der Waals surface area contributed by atoms with Crippen molar-refractivity contribution in [3.63, 3.8) is 0 Å². The smallest absolute Gasteiger partial charge is 0.322 e. The normalized spacial score (nSPS) is 20.9. The highest BCUT2D eigenvalue weighted by Gasteiger charge is 2.31. The molecule has 0 radical (unpaired) electrons. The maximum Gasteiger partial charge on any atom is 0.322 e. The van der Waals surface area contributed by atoms with E-state index in [4.69, 9.17) is 5.11 Å². The highest BCUT2D eigenvalue weighted by atomic mass is 16.4. The number of carboxylic acid groups (broad SMARTS) is 1.